The second kappa shape index (κ2) is 15.7. The number of carboxylic acid groups (broad SMARTS) is 1. The van der Waals surface area contributed by atoms with Gasteiger partial charge in [-0.05, 0) is 30.9 Å². The van der Waals surface area contributed by atoms with Crippen LogP contribution in [0.5, 0.6) is 0 Å². The van der Waals surface area contributed by atoms with Gasteiger partial charge in [-0.1, -0.05) is 18.2 Å². The number of aromatic nitrogens is 1. The van der Waals surface area contributed by atoms with E-state index >= 15 is 0 Å². The first-order valence-corrected chi connectivity index (χ1v) is 13.1. The van der Waals surface area contributed by atoms with E-state index in [1.807, 2.05) is 0 Å². The van der Waals surface area contributed by atoms with Gasteiger partial charge in [-0.25, -0.2) is 4.79 Å². The molecule has 0 aliphatic rings. The maximum absolute atomic E-state index is 13.4. The van der Waals surface area contributed by atoms with Crippen molar-refractivity contribution in [2.24, 2.45) is 22.9 Å². The number of rotatable bonds is 18. The van der Waals surface area contributed by atoms with E-state index in [9.17, 15) is 38.7 Å². The van der Waals surface area contributed by atoms with Gasteiger partial charge in [-0.2, -0.15) is 0 Å². The summed E-state index contributed by atoms with van der Waals surface area (Å²) in [4.78, 5) is 87.7. The SMILES string of the molecule is NC(=O)CCC(N)C(=O)NC(CCC(N)=O)C(=O)NC(Cc1c[nH]c2ccccc12)C(=O)NC(CCC(N)=O)C(=O)O. The van der Waals surface area contributed by atoms with E-state index in [4.69, 9.17) is 22.9 Å². The van der Waals surface area contributed by atoms with Crippen LogP contribution in [0.3, 0.4) is 0 Å². The minimum absolute atomic E-state index is 0.0984. The van der Waals surface area contributed by atoms with Crippen molar-refractivity contribution in [2.45, 2.75) is 69.1 Å². The molecule has 0 saturated heterocycles. The van der Waals surface area contributed by atoms with Gasteiger partial charge in [0.15, 0.2) is 0 Å². The van der Waals surface area contributed by atoms with Crippen LogP contribution in [0.15, 0.2) is 30.5 Å². The van der Waals surface area contributed by atoms with E-state index in [2.05, 4.69) is 20.9 Å². The summed E-state index contributed by atoms with van der Waals surface area (Å²) in [7, 11) is 0. The lowest BCUT2D eigenvalue weighted by Crippen LogP contribution is -2.57. The molecule has 228 valence electrons. The molecular formula is C26H36N8O8. The van der Waals surface area contributed by atoms with Crippen molar-refractivity contribution in [3.63, 3.8) is 0 Å². The Hall–Kier alpha value is -4.99. The molecule has 4 atom stereocenters. The molecule has 16 heteroatoms. The summed E-state index contributed by atoms with van der Waals surface area (Å²) in [6.45, 7) is 0. The number of benzene rings is 1. The standard InChI is InChI=1S/C26H36N8O8/c27-15(5-8-20(28)35)23(38)32-17(6-9-21(29)36)24(39)34-19(11-13-12-31-16-4-2-1-3-14(13)16)25(40)33-18(26(41)42)7-10-22(30)37/h1-4,12,15,17-19,31H,5-11,27H2,(H2,28,35)(H2,29,36)(H2,30,37)(H,32,38)(H,33,40)(H,34,39)(H,41,42). The minimum Gasteiger partial charge on any atom is -0.480 e. The molecule has 16 nitrogen and oxygen atoms in total. The third kappa shape index (κ3) is 10.5. The fourth-order valence-electron chi connectivity index (χ4n) is 4.08. The van der Waals surface area contributed by atoms with Gasteiger partial charge in [0.25, 0.3) is 0 Å². The normalized spacial score (nSPS) is 13.7. The van der Waals surface area contributed by atoms with Crippen LogP contribution in [0.1, 0.15) is 44.1 Å². The molecule has 0 bridgehead atoms. The fourth-order valence-corrected chi connectivity index (χ4v) is 4.08. The summed E-state index contributed by atoms with van der Waals surface area (Å²) in [6, 6.07) is 1.74. The van der Waals surface area contributed by atoms with Gasteiger partial charge in [0.2, 0.25) is 35.4 Å². The number of hydrogen-bond acceptors (Lipinski definition) is 8. The highest BCUT2D eigenvalue weighted by Gasteiger charge is 2.31. The van der Waals surface area contributed by atoms with Gasteiger partial charge in [0.05, 0.1) is 6.04 Å². The molecule has 0 saturated carbocycles. The van der Waals surface area contributed by atoms with E-state index in [0.717, 1.165) is 10.9 Å². The van der Waals surface area contributed by atoms with Crippen molar-refractivity contribution in [3.05, 3.63) is 36.0 Å². The van der Waals surface area contributed by atoms with Crippen LogP contribution in [0.4, 0.5) is 0 Å². The molecule has 0 aliphatic carbocycles. The first kappa shape index (κ1) is 33.2. The van der Waals surface area contributed by atoms with Gasteiger partial charge in [-0.15, -0.1) is 0 Å². The lowest BCUT2D eigenvalue weighted by atomic mass is 10.0. The Morgan fingerprint density at radius 2 is 1.21 bits per heavy atom. The van der Waals surface area contributed by atoms with Crippen molar-refractivity contribution >= 4 is 52.3 Å². The predicted molar refractivity (Wildman–Crippen MR) is 149 cm³/mol. The molecule has 0 aliphatic heterocycles. The van der Waals surface area contributed by atoms with Crippen molar-refractivity contribution < 1.29 is 38.7 Å². The van der Waals surface area contributed by atoms with E-state index in [1.165, 1.54) is 0 Å². The summed E-state index contributed by atoms with van der Waals surface area (Å²) in [5, 5.41) is 17.5. The van der Waals surface area contributed by atoms with E-state index in [1.54, 1.807) is 30.5 Å². The molecule has 1 heterocycles. The molecule has 42 heavy (non-hydrogen) atoms. The van der Waals surface area contributed by atoms with Crippen molar-refractivity contribution in [3.8, 4) is 0 Å². The monoisotopic (exact) mass is 588 g/mol. The molecule has 0 fully saturated rings. The molecule has 6 amide bonds. The number of primary amides is 3. The lowest BCUT2D eigenvalue weighted by molar-refractivity contribution is -0.142. The molecular weight excluding hydrogens is 552 g/mol. The second-order valence-electron chi connectivity index (χ2n) is 9.71. The molecule has 2 aromatic rings. The quantitative estimate of drug-likeness (QED) is 0.0878. The summed E-state index contributed by atoms with van der Waals surface area (Å²) in [5.41, 5.74) is 22.6. The average Bonchev–Trinajstić information content (AvgIpc) is 3.33. The molecule has 2 rings (SSSR count). The van der Waals surface area contributed by atoms with Gasteiger partial charge in [0.1, 0.15) is 18.1 Å². The lowest BCUT2D eigenvalue weighted by Gasteiger charge is -2.25. The van der Waals surface area contributed by atoms with Crippen LogP contribution in [0.25, 0.3) is 10.9 Å². The third-order valence-electron chi connectivity index (χ3n) is 6.38. The van der Waals surface area contributed by atoms with Crippen LogP contribution in [-0.4, -0.2) is 75.7 Å². The van der Waals surface area contributed by atoms with Crippen LogP contribution in [-0.2, 0) is 40.0 Å². The number of hydrogen-bond donors (Lipinski definition) is 9. The number of carboxylic acids is 1. The van der Waals surface area contributed by atoms with Crippen LogP contribution >= 0.6 is 0 Å². The smallest absolute Gasteiger partial charge is 0.326 e. The number of carbonyl (C=O) groups excluding carboxylic acids is 6. The Morgan fingerprint density at radius 1 is 0.714 bits per heavy atom. The van der Waals surface area contributed by atoms with E-state index in [0.29, 0.717) is 5.56 Å². The van der Waals surface area contributed by atoms with Crippen LogP contribution in [0, 0.1) is 0 Å². The van der Waals surface area contributed by atoms with Gasteiger partial charge in [0, 0.05) is 42.8 Å². The molecule has 13 N–H and O–H groups in total. The molecule has 0 radical (unpaired) electrons. The Morgan fingerprint density at radius 3 is 1.81 bits per heavy atom. The molecule has 1 aromatic carbocycles. The number of H-pyrrole nitrogens is 1. The number of para-hydroxylation sites is 1. The number of nitrogens with two attached hydrogens (primary N) is 4. The van der Waals surface area contributed by atoms with Crippen LogP contribution in [0.2, 0.25) is 0 Å². The molecule has 4 unspecified atom stereocenters. The largest absolute Gasteiger partial charge is 0.480 e. The van der Waals surface area contributed by atoms with Crippen molar-refractivity contribution in [2.75, 3.05) is 0 Å². The average molecular weight is 589 g/mol. The van der Waals surface area contributed by atoms with Crippen molar-refractivity contribution in [1.82, 2.24) is 20.9 Å². The Bertz CT molecular complexity index is 1330. The maximum Gasteiger partial charge on any atom is 0.326 e. The number of aromatic amines is 1. The predicted octanol–water partition coefficient (Wildman–Crippen LogP) is -2.63. The van der Waals surface area contributed by atoms with Gasteiger partial charge in [-0.3, -0.25) is 28.8 Å². The van der Waals surface area contributed by atoms with Gasteiger partial charge >= 0.3 is 5.97 Å². The van der Waals surface area contributed by atoms with E-state index in [-0.39, 0.29) is 44.9 Å². The first-order valence-electron chi connectivity index (χ1n) is 13.1. The first-order chi connectivity index (χ1) is 19.8. The Labute approximate surface area is 240 Å². The number of fused-ring (bicyclic) bond motifs is 1. The Kier molecular flexibility index (Phi) is 12.4. The number of aliphatic carboxylic acids is 1. The zero-order valence-corrected chi connectivity index (χ0v) is 22.8. The summed E-state index contributed by atoms with van der Waals surface area (Å²) in [6.07, 6.45) is 0.106. The highest BCUT2D eigenvalue weighted by Crippen LogP contribution is 2.19. The highest BCUT2D eigenvalue weighted by molar-refractivity contribution is 5.95. The third-order valence-corrected chi connectivity index (χ3v) is 6.38. The fraction of sp³-hybridized carbons (Fsp3) is 0.423. The number of nitrogens with one attached hydrogen (secondary N) is 4. The summed E-state index contributed by atoms with van der Waals surface area (Å²) >= 11 is 0. The number of carbonyl (C=O) groups is 7. The van der Waals surface area contributed by atoms with Crippen LogP contribution < -0.4 is 38.9 Å². The number of amides is 6. The summed E-state index contributed by atoms with van der Waals surface area (Å²) in [5.74, 6) is -6.19. The topological polar surface area (TPSA) is 296 Å². The summed E-state index contributed by atoms with van der Waals surface area (Å²) < 4.78 is 0. The van der Waals surface area contributed by atoms with Gasteiger partial charge < -0.3 is 49.0 Å². The van der Waals surface area contributed by atoms with E-state index < -0.39 is 65.6 Å². The second-order valence-corrected chi connectivity index (χ2v) is 9.71. The zero-order chi connectivity index (χ0) is 31.4. The molecule has 0 spiro atoms. The maximum atomic E-state index is 13.4. The zero-order valence-electron chi connectivity index (χ0n) is 22.8. The minimum atomic E-state index is -1.49. The molecule has 1 aromatic heterocycles. The van der Waals surface area contributed by atoms with Crippen molar-refractivity contribution in [1.29, 1.82) is 0 Å². The highest BCUT2D eigenvalue weighted by atomic mass is 16.4. The Balaban J connectivity index is 2.32.